The first kappa shape index (κ1) is 46.5. The number of aliphatic carboxylic acids is 2. The lowest BCUT2D eigenvalue weighted by molar-refractivity contribution is -0.171. The summed E-state index contributed by atoms with van der Waals surface area (Å²) in [5, 5.41) is 35.1. The second kappa shape index (κ2) is 22.3. The largest absolute Gasteiger partial charge is 0.481 e. The minimum absolute atomic E-state index is 0.185. The van der Waals surface area contributed by atoms with E-state index in [1.165, 1.54) is 0 Å². The summed E-state index contributed by atoms with van der Waals surface area (Å²) in [6.07, 6.45) is -1.65. The number of carboxylic acids is 4. The fraction of sp³-hybridized carbons (Fsp3) is 0.559. The van der Waals surface area contributed by atoms with Gasteiger partial charge in [-0.3, -0.25) is 28.8 Å². The zero-order valence-electron chi connectivity index (χ0n) is 29.9. The molecule has 4 N–H and O–H groups in total. The van der Waals surface area contributed by atoms with Crippen LogP contribution in [-0.2, 0) is 52.5 Å². The Labute approximate surface area is 299 Å². The molecule has 0 amide bonds. The minimum Gasteiger partial charge on any atom is -0.481 e. The summed E-state index contributed by atoms with van der Waals surface area (Å²) in [6, 6.07) is 3.03. The number of carbonyl (C=O) groups excluding carboxylic acids is 5. The van der Waals surface area contributed by atoms with Gasteiger partial charge in [0.15, 0.2) is 6.10 Å². The van der Waals surface area contributed by atoms with Gasteiger partial charge < -0.3 is 44.1 Å². The van der Waals surface area contributed by atoms with Crippen molar-refractivity contribution in [2.75, 3.05) is 26.4 Å². The highest BCUT2D eigenvalue weighted by Gasteiger charge is 2.29. The number of ether oxygens (including phenoxy) is 5. The third kappa shape index (κ3) is 17.9. The van der Waals surface area contributed by atoms with Crippen molar-refractivity contribution in [2.45, 2.75) is 86.2 Å². The number of rotatable bonds is 21. The van der Waals surface area contributed by atoms with Crippen molar-refractivity contribution in [3.8, 4) is 0 Å². The fourth-order valence-corrected chi connectivity index (χ4v) is 3.26. The van der Waals surface area contributed by atoms with Gasteiger partial charge >= 0.3 is 53.7 Å². The smallest absolute Gasteiger partial charge is 0.339 e. The lowest BCUT2D eigenvalue weighted by atomic mass is 9.91. The lowest BCUT2D eigenvalue weighted by Gasteiger charge is -2.23. The van der Waals surface area contributed by atoms with E-state index in [1.807, 2.05) is 6.92 Å². The van der Waals surface area contributed by atoms with Crippen LogP contribution in [0.2, 0.25) is 0 Å². The van der Waals surface area contributed by atoms with Crippen molar-refractivity contribution >= 4 is 53.7 Å². The zero-order chi connectivity index (χ0) is 40.2. The van der Waals surface area contributed by atoms with Crippen LogP contribution in [0.3, 0.4) is 0 Å². The lowest BCUT2D eigenvalue weighted by Crippen LogP contribution is -2.34. The molecular weight excluding hydrogens is 696 g/mol. The number of carboxylic acid groups (broad SMARTS) is 4. The Morgan fingerprint density at radius 3 is 1.56 bits per heavy atom. The number of aromatic carboxylic acids is 2. The maximum Gasteiger partial charge on any atom is 0.339 e. The highest BCUT2D eigenvalue weighted by Crippen LogP contribution is 2.22. The molecular formula is C34H46O18. The molecule has 0 aliphatic heterocycles. The summed E-state index contributed by atoms with van der Waals surface area (Å²) in [7, 11) is 0. The van der Waals surface area contributed by atoms with Gasteiger partial charge in [-0.2, -0.15) is 0 Å². The fourth-order valence-electron chi connectivity index (χ4n) is 3.26. The topological polar surface area (TPSA) is 281 Å². The van der Waals surface area contributed by atoms with Crippen molar-refractivity contribution in [1.82, 2.24) is 0 Å². The van der Waals surface area contributed by atoms with Crippen molar-refractivity contribution in [2.24, 2.45) is 10.8 Å². The highest BCUT2D eigenvalue weighted by atomic mass is 16.6. The molecule has 18 heteroatoms. The van der Waals surface area contributed by atoms with E-state index in [9.17, 15) is 43.2 Å². The van der Waals surface area contributed by atoms with Gasteiger partial charge in [0.25, 0.3) is 0 Å². The molecule has 0 aromatic heterocycles. The third-order valence-electron chi connectivity index (χ3n) is 7.35. The van der Waals surface area contributed by atoms with Crippen molar-refractivity contribution in [1.29, 1.82) is 0 Å². The van der Waals surface area contributed by atoms with Gasteiger partial charge in [0, 0.05) is 0 Å². The predicted molar refractivity (Wildman–Crippen MR) is 175 cm³/mol. The van der Waals surface area contributed by atoms with Crippen LogP contribution in [0.1, 0.15) is 111 Å². The van der Waals surface area contributed by atoms with Crippen LogP contribution in [0.4, 0.5) is 0 Å². The van der Waals surface area contributed by atoms with Gasteiger partial charge in [-0.25, -0.2) is 14.4 Å². The Morgan fingerprint density at radius 2 is 1.08 bits per heavy atom. The van der Waals surface area contributed by atoms with Crippen molar-refractivity contribution in [3.05, 3.63) is 34.9 Å². The average Bonchev–Trinajstić information content (AvgIpc) is 3.08. The molecule has 18 nitrogen and oxygen atoms in total. The molecule has 0 aliphatic carbocycles. The van der Waals surface area contributed by atoms with Crippen LogP contribution in [0.15, 0.2) is 18.2 Å². The van der Waals surface area contributed by atoms with Gasteiger partial charge in [0.2, 0.25) is 0 Å². The van der Waals surface area contributed by atoms with Crippen molar-refractivity contribution < 1.29 is 87.3 Å². The molecule has 0 spiro atoms. The van der Waals surface area contributed by atoms with E-state index in [4.69, 9.17) is 44.1 Å². The molecule has 0 heterocycles. The SMILES string of the molecule is CCC(C)(C)C(=O)OCC(COC(=O)CCC(=O)O)OC(=O)CCC(=O)O.CCC(C)(C)C(=O)OCCOC(=O)c1cc(C(=O)O)ccc1C(=O)O. The molecule has 0 saturated heterocycles. The van der Waals surface area contributed by atoms with Crippen molar-refractivity contribution in [3.63, 3.8) is 0 Å². The molecule has 1 atom stereocenters. The molecule has 0 bridgehead atoms. The van der Waals surface area contributed by atoms with E-state index >= 15 is 0 Å². The Bertz CT molecular complexity index is 1460. The number of carbonyl (C=O) groups is 9. The van der Waals surface area contributed by atoms with Gasteiger partial charge in [-0.1, -0.05) is 13.8 Å². The van der Waals surface area contributed by atoms with E-state index in [0.29, 0.717) is 12.8 Å². The summed E-state index contributed by atoms with van der Waals surface area (Å²) in [5.41, 5.74) is -2.41. The van der Waals surface area contributed by atoms with Crippen LogP contribution in [-0.4, -0.2) is 107 Å². The monoisotopic (exact) mass is 742 g/mol. The Hall–Kier alpha value is -5.55. The number of hydrogen-bond acceptors (Lipinski definition) is 14. The zero-order valence-corrected chi connectivity index (χ0v) is 29.9. The summed E-state index contributed by atoms with van der Waals surface area (Å²) in [6.45, 7) is 9.14. The van der Waals surface area contributed by atoms with Crippen LogP contribution < -0.4 is 0 Å². The molecule has 0 radical (unpaired) electrons. The highest BCUT2D eigenvalue weighted by molar-refractivity contribution is 6.04. The Kier molecular flexibility index (Phi) is 19.9. The molecule has 52 heavy (non-hydrogen) atoms. The normalized spacial score (nSPS) is 11.4. The van der Waals surface area contributed by atoms with Gasteiger partial charge in [-0.05, 0) is 58.7 Å². The third-order valence-corrected chi connectivity index (χ3v) is 7.35. The number of benzene rings is 1. The summed E-state index contributed by atoms with van der Waals surface area (Å²) < 4.78 is 24.8. The van der Waals surface area contributed by atoms with E-state index in [-0.39, 0.29) is 42.9 Å². The van der Waals surface area contributed by atoms with Crippen LogP contribution in [0.5, 0.6) is 0 Å². The van der Waals surface area contributed by atoms with Crippen LogP contribution >= 0.6 is 0 Å². The van der Waals surface area contributed by atoms with Gasteiger partial charge in [0.05, 0.1) is 53.2 Å². The van der Waals surface area contributed by atoms with E-state index in [1.54, 1.807) is 34.6 Å². The first-order valence-corrected chi connectivity index (χ1v) is 16.0. The Morgan fingerprint density at radius 1 is 0.596 bits per heavy atom. The minimum atomic E-state index is -1.39. The number of hydrogen-bond donors (Lipinski definition) is 4. The van der Waals surface area contributed by atoms with Gasteiger partial charge in [0.1, 0.15) is 26.4 Å². The van der Waals surface area contributed by atoms with Crippen LogP contribution in [0.25, 0.3) is 0 Å². The molecule has 1 unspecified atom stereocenters. The average molecular weight is 743 g/mol. The molecule has 0 fully saturated rings. The molecule has 290 valence electrons. The van der Waals surface area contributed by atoms with Crippen LogP contribution in [0, 0.1) is 10.8 Å². The summed E-state index contributed by atoms with van der Waals surface area (Å²) in [4.78, 5) is 102. The molecule has 0 saturated carbocycles. The first-order chi connectivity index (χ1) is 24.1. The maximum atomic E-state index is 12.0. The summed E-state index contributed by atoms with van der Waals surface area (Å²) >= 11 is 0. The van der Waals surface area contributed by atoms with E-state index in [0.717, 1.165) is 18.2 Å². The standard InChI is InChI=1S/C17H26O10.C17H20O8/c1-4-17(2,3)16(24)26-10-11(27-15(23)8-6-13(20)21)9-25-14(22)7-5-12(18)19;1-4-17(2,3)16(23)25-8-7-24-15(22)12-9-10(13(18)19)5-6-11(12)14(20)21/h11H,4-10H2,1-3H3,(H,18,19)(H,20,21);5-6,9H,4,7-8H2,1-3H3,(H,18,19)(H,20,21). The predicted octanol–water partition coefficient (Wildman–Crippen LogP) is 3.37. The second-order valence-corrected chi connectivity index (χ2v) is 12.3. The molecule has 1 aromatic carbocycles. The van der Waals surface area contributed by atoms with Gasteiger partial charge in [-0.15, -0.1) is 0 Å². The second-order valence-electron chi connectivity index (χ2n) is 12.3. The number of esters is 5. The molecule has 0 aliphatic rings. The Balaban J connectivity index is 0.00000100. The first-order valence-electron chi connectivity index (χ1n) is 16.0. The summed E-state index contributed by atoms with van der Waals surface area (Å²) in [5.74, 6) is -8.69. The van der Waals surface area contributed by atoms with E-state index < -0.39 is 96.5 Å². The quantitative estimate of drug-likeness (QED) is 0.0798. The molecule has 1 rings (SSSR count). The maximum absolute atomic E-state index is 12.0. The van der Waals surface area contributed by atoms with E-state index in [2.05, 4.69) is 0 Å². The molecule has 1 aromatic rings.